The van der Waals surface area contributed by atoms with Gasteiger partial charge in [-0.2, -0.15) is 0 Å². The molecule has 0 saturated heterocycles. The summed E-state index contributed by atoms with van der Waals surface area (Å²) in [7, 11) is 0.424. The van der Waals surface area contributed by atoms with E-state index in [1.54, 1.807) is 19.2 Å². The SMILES string of the molecule is CCCS(=O)(=O)Nc1ccc(N(C)C(C)=NC)cc1. The lowest BCUT2D eigenvalue weighted by Gasteiger charge is -2.18. The molecule has 1 aromatic rings. The molecule has 0 aromatic heterocycles. The van der Waals surface area contributed by atoms with Gasteiger partial charge in [-0.05, 0) is 37.6 Å². The molecule has 0 saturated carbocycles. The van der Waals surface area contributed by atoms with E-state index >= 15 is 0 Å². The van der Waals surface area contributed by atoms with E-state index < -0.39 is 10.0 Å². The summed E-state index contributed by atoms with van der Waals surface area (Å²) >= 11 is 0. The molecule has 0 bridgehead atoms. The summed E-state index contributed by atoms with van der Waals surface area (Å²) in [5.41, 5.74) is 1.54. The quantitative estimate of drug-likeness (QED) is 0.666. The first-order chi connectivity index (χ1) is 8.89. The third-order valence-electron chi connectivity index (χ3n) is 2.81. The average molecular weight is 283 g/mol. The van der Waals surface area contributed by atoms with Gasteiger partial charge in [-0.15, -0.1) is 0 Å². The molecule has 0 aliphatic rings. The Hall–Kier alpha value is -1.56. The Morgan fingerprint density at radius 2 is 1.89 bits per heavy atom. The summed E-state index contributed by atoms with van der Waals surface area (Å²) < 4.78 is 25.8. The van der Waals surface area contributed by atoms with Crippen molar-refractivity contribution in [3.8, 4) is 0 Å². The molecule has 0 amide bonds. The van der Waals surface area contributed by atoms with Gasteiger partial charge in [-0.25, -0.2) is 8.42 Å². The standard InChI is InChI=1S/C13H21N3O2S/c1-5-10-19(17,18)15-12-6-8-13(9-7-12)16(4)11(2)14-3/h6-9,15H,5,10H2,1-4H3. The van der Waals surface area contributed by atoms with Crippen LogP contribution in [0.15, 0.2) is 29.3 Å². The fourth-order valence-electron chi connectivity index (χ4n) is 1.59. The zero-order chi connectivity index (χ0) is 14.5. The number of benzene rings is 1. The molecule has 0 radical (unpaired) electrons. The minimum Gasteiger partial charge on any atom is -0.334 e. The third kappa shape index (κ3) is 4.55. The highest BCUT2D eigenvalue weighted by Crippen LogP contribution is 2.18. The van der Waals surface area contributed by atoms with Gasteiger partial charge in [0.15, 0.2) is 0 Å². The molecular formula is C13H21N3O2S. The lowest BCUT2D eigenvalue weighted by atomic mass is 10.2. The Kier molecular flexibility index (Phi) is 5.35. The molecule has 0 unspecified atom stereocenters. The Morgan fingerprint density at radius 1 is 1.32 bits per heavy atom. The Balaban J connectivity index is 2.83. The normalized spacial score (nSPS) is 12.3. The molecule has 1 rings (SSSR count). The lowest BCUT2D eigenvalue weighted by Crippen LogP contribution is -2.23. The largest absolute Gasteiger partial charge is 0.334 e. The maximum absolute atomic E-state index is 11.6. The third-order valence-corrected chi connectivity index (χ3v) is 4.30. The van der Waals surface area contributed by atoms with Crippen LogP contribution in [0.2, 0.25) is 0 Å². The molecule has 0 spiro atoms. The van der Waals surface area contributed by atoms with Gasteiger partial charge >= 0.3 is 0 Å². The summed E-state index contributed by atoms with van der Waals surface area (Å²) in [5.74, 6) is 1.02. The molecule has 6 heteroatoms. The van der Waals surface area contributed by atoms with Crippen LogP contribution >= 0.6 is 0 Å². The number of rotatable bonds is 5. The Morgan fingerprint density at radius 3 is 2.37 bits per heavy atom. The fraction of sp³-hybridized carbons (Fsp3) is 0.462. The van der Waals surface area contributed by atoms with Crippen LogP contribution in [0, 0.1) is 0 Å². The maximum Gasteiger partial charge on any atom is 0.232 e. The van der Waals surface area contributed by atoms with Gasteiger partial charge in [0.25, 0.3) is 0 Å². The van der Waals surface area contributed by atoms with Crippen LogP contribution in [0.5, 0.6) is 0 Å². The van der Waals surface area contributed by atoms with Gasteiger partial charge in [0, 0.05) is 25.5 Å². The first-order valence-electron chi connectivity index (χ1n) is 6.17. The Bertz CT molecular complexity index is 536. The number of anilines is 2. The van der Waals surface area contributed by atoms with Gasteiger partial charge < -0.3 is 4.90 Å². The summed E-state index contributed by atoms with van der Waals surface area (Å²) in [6, 6.07) is 7.22. The highest BCUT2D eigenvalue weighted by Gasteiger charge is 2.09. The van der Waals surface area contributed by atoms with E-state index in [1.807, 2.05) is 37.9 Å². The van der Waals surface area contributed by atoms with Crippen molar-refractivity contribution in [2.75, 3.05) is 29.5 Å². The predicted octanol–water partition coefficient (Wildman–Crippen LogP) is 2.32. The molecule has 0 aliphatic heterocycles. The highest BCUT2D eigenvalue weighted by molar-refractivity contribution is 7.92. The van der Waals surface area contributed by atoms with Crippen LogP contribution in [0.3, 0.4) is 0 Å². The first-order valence-corrected chi connectivity index (χ1v) is 7.82. The van der Waals surface area contributed by atoms with Gasteiger partial charge in [-0.1, -0.05) is 6.92 Å². The zero-order valence-electron chi connectivity index (χ0n) is 11.8. The number of aliphatic imine (C=N–C) groups is 1. The molecule has 5 nitrogen and oxygen atoms in total. The number of sulfonamides is 1. The molecule has 106 valence electrons. The van der Waals surface area contributed by atoms with E-state index in [4.69, 9.17) is 0 Å². The predicted molar refractivity (Wildman–Crippen MR) is 81.6 cm³/mol. The zero-order valence-corrected chi connectivity index (χ0v) is 12.7. The van der Waals surface area contributed by atoms with Crippen molar-refractivity contribution in [2.45, 2.75) is 20.3 Å². The minimum absolute atomic E-state index is 0.135. The van der Waals surface area contributed by atoms with Crippen molar-refractivity contribution < 1.29 is 8.42 Å². The summed E-state index contributed by atoms with van der Waals surface area (Å²) in [6.45, 7) is 3.75. The van der Waals surface area contributed by atoms with Crippen LogP contribution in [0.1, 0.15) is 20.3 Å². The van der Waals surface area contributed by atoms with Crippen LogP contribution in [0.4, 0.5) is 11.4 Å². The van der Waals surface area contributed by atoms with E-state index in [-0.39, 0.29) is 5.75 Å². The van der Waals surface area contributed by atoms with Crippen molar-refractivity contribution in [3.63, 3.8) is 0 Å². The second kappa shape index (κ2) is 6.56. The topological polar surface area (TPSA) is 61.8 Å². The van der Waals surface area contributed by atoms with Crippen LogP contribution in [0.25, 0.3) is 0 Å². The number of hydrogen-bond donors (Lipinski definition) is 1. The number of nitrogens with zero attached hydrogens (tertiary/aromatic N) is 2. The summed E-state index contributed by atoms with van der Waals surface area (Å²) in [4.78, 5) is 6.04. The van der Waals surface area contributed by atoms with Crippen molar-refractivity contribution in [1.29, 1.82) is 0 Å². The average Bonchev–Trinajstić information content (AvgIpc) is 2.37. The van der Waals surface area contributed by atoms with Crippen LogP contribution in [-0.2, 0) is 10.0 Å². The number of amidine groups is 1. The Labute approximate surface area is 115 Å². The van der Waals surface area contributed by atoms with E-state index in [2.05, 4.69) is 9.71 Å². The van der Waals surface area contributed by atoms with Crippen molar-refractivity contribution in [1.82, 2.24) is 0 Å². The van der Waals surface area contributed by atoms with E-state index in [0.29, 0.717) is 12.1 Å². The summed E-state index contributed by atoms with van der Waals surface area (Å²) in [6.07, 6.45) is 0.600. The van der Waals surface area contributed by atoms with Crippen molar-refractivity contribution in [3.05, 3.63) is 24.3 Å². The van der Waals surface area contributed by atoms with Gasteiger partial charge in [0.05, 0.1) is 11.6 Å². The smallest absolute Gasteiger partial charge is 0.232 e. The second-order valence-corrected chi connectivity index (χ2v) is 6.14. The molecule has 19 heavy (non-hydrogen) atoms. The second-order valence-electron chi connectivity index (χ2n) is 4.30. The number of nitrogens with one attached hydrogen (secondary N) is 1. The van der Waals surface area contributed by atoms with E-state index in [1.165, 1.54) is 0 Å². The minimum atomic E-state index is -3.23. The van der Waals surface area contributed by atoms with E-state index in [0.717, 1.165) is 11.5 Å². The van der Waals surface area contributed by atoms with Crippen molar-refractivity contribution in [2.24, 2.45) is 4.99 Å². The molecule has 0 atom stereocenters. The van der Waals surface area contributed by atoms with Crippen LogP contribution < -0.4 is 9.62 Å². The molecule has 0 fully saturated rings. The van der Waals surface area contributed by atoms with Gasteiger partial charge in [0.2, 0.25) is 10.0 Å². The van der Waals surface area contributed by atoms with Gasteiger partial charge in [-0.3, -0.25) is 9.71 Å². The number of hydrogen-bond acceptors (Lipinski definition) is 3. The van der Waals surface area contributed by atoms with Gasteiger partial charge in [0.1, 0.15) is 0 Å². The molecule has 1 N–H and O–H groups in total. The van der Waals surface area contributed by atoms with Crippen LogP contribution in [-0.4, -0.2) is 34.1 Å². The summed E-state index contributed by atoms with van der Waals surface area (Å²) in [5, 5.41) is 0. The lowest BCUT2D eigenvalue weighted by molar-refractivity contribution is 0.600. The fourth-order valence-corrected chi connectivity index (χ4v) is 2.72. The molecule has 0 heterocycles. The van der Waals surface area contributed by atoms with E-state index in [9.17, 15) is 8.42 Å². The highest BCUT2D eigenvalue weighted by atomic mass is 32.2. The maximum atomic E-state index is 11.6. The molecule has 0 aliphatic carbocycles. The monoisotopic (exact) mass is 283 g/mol. The first kappa shape index (κ1) is 15.5. The molecular weight excluding hydrogens is 262 g/mol. The molecule has 1 aromatic carbocycles. The van der Waals surface area contributed by atoms with Crippen molar-refractivity contribution >= 4 is 27.2 Å².